The van der Waals surface area contributed by atoms with Gasteiger partial charge in [-0.2, -0.15) is 0 Å². The number of piperazine rings is 1. The summed E-state index contributed by atoms with van der Waals surface area (Å²) < 4.78 is 0. The van der Waals surface area contributed by atoms with E-state index in [2.05, 4.69) is 4.90 Å². The number of carboxylic acid groups (broad SMARTS) is 1. The zero-order valence-corrected chi connectivity index (χ0v) is 13.3. The van der Waals surface area contributed by atoms with Crippen LogP contribution in [0, 0.1) is 5.41 Å². The highest BCUT2D eigenvalue weighted by molar-refractivity contribution is 5.78. The van der Waals surface area contributed by atoms with Crippen molar-refractivity contribution in [3.05, 3.63) is 0 Å². The fraction of sp³-hybridized carbons (Fsp3) is 0.875. The highest BCUT2D eigenvalue weighted by Gasteiger charge is 2.31. The molecule has 0 aromatic carbocycles. The molecule has 0 aromatic heterocycles. The third kappa shape index (κ3) is 4.70. The summed E-state index contributed by atoms with van der Waals surface area (Å²) in [5.74, 6) is -0.730. The monoisotopic (exact) mass is 296 g/mol. The molecule has 0 aromatic rings. The van der Waals surface area contributed by atoms with E-state index in [-0.39, 0.29) is 12.3 Å². The van der Waals surface area contributed by atoms with E-state index >= 15 is 0 Å². The van der Waals surface area contributed by atoms with Gasteiger partial charge in [-0.1, -0.05) is 26.7 Å². The van der Waals surface area contributed by atoms with Gasteiger partial charge in [0.05, 0.1) is 6.42 Å². The van der Waals surface area contributed by atoms with E-state index in [1.807, 2.05) is 18.7 Å². The average Bonchev–Trinajstić information content (AvgIpc) is 2.90. The molecule has 0 bridgehead atoms. The average molecular weight is 296 g/mol. The molecule has 1 N–H and O–H groups in total. The van der Waals surface area contributed by atoms with Crippen LogP contribution in [-0.4, -0.2) is 59.0 Å². The van der Waals surface area contributed by atoms with Crippen LogP contribution in [0.1, 0.15) is 52.4 Å². The van der Waals surface area contributed by atoms with Crippen molar-refractivity contribution in [3.8, 4) is 0 Å². The maximum atomic E-state index is 12.3. The van der Waals surface area contributed by atoms with Gasteiger partial charge >= 0.3 is 5.97 Å². The van der Waals surface area contributed by atoms with Crippen LogP contribution in [0.2, 0.25) is 0 Å². The number of rotatable bonds is 5. The first-order chi connectivity index (χ1) is 9.87. The Hall–Kier alpha value is -1.10. The van der Waals surface area contributed by atoms with E-state index < -0.39 is 11.4 Å². The number of aliphatic carboxylic acids is 1. The van der Waals surface area contributed by atoms with E-state index in [4.69, 9.17) is 5.11 Å². The quantitative estimate of drug-likeness (QED) is 0.842. The first-order valence-corrected chi connectivity index (χ1v) is 8.11. The van der Waals surface area contributed by atoms with Crippen LogP contribution in [0.5, 0.6) is 0 Å². The summed E-state index contributed by atoms with van der Waals surface area (Å²) in [5.41, 5.74) is -0.467. The van der Waals surface area contributed by atoms with E-state index in [0.29, 0.717) is 6.42 Å². The van der Waals surface area contributed by atoms with Crippen molar-refractivity contribution >= 4 is 11.9 Å². The van der Waals surface area contributed by atoms with Gasteiger partial charge in [-0.05, 0) is 18.3 Å². The van der Waals surface area contributed by atoms with Gasteiger partial charge in [0.1, 0.15) is 0 Å². The summed E-state index contributed by atoms with van der Waals surface area (Å²) in [4.78, 5) is 27.6. The van der Waals surface area contributed by atoms with E-state index in [9.17, 15) is 9.59 Å². The Morgan fingerprint density at radius 2 is 1.62 bits per heavy atom. The van der Waals surface area contributed by atoms with E-state index in [0.717, 1.165) is 32.2 Å². The molecule has 0 spiro atoms. The minimum absolute atomic E-state index is 0.0424. The molecule has 5 heteroatoms. The summed E-state index contributed by atoms with van der Waals surface area (Å²) in [7, 11) is 0. The van der Waals surface area contributed by atoms with Gasteiger partial charge in [0.25, 0.3) is 0 Å². The summed E-state index contributed by atoms with van der Waals surface area (Å²) in [6.07, 6.45) is 5.66. The largest absolute Gasteiger partial charge is 0.481 e. The summed E-state index contributed by atoms with van der Waals surface area (Å²) in [6, 6.07) is 0.728. The normalized spacial score (nSPS) is 21.7. The van der Waals surface area contributed by atoms with Crippen LogP contribution >= 0.6 is 0 Å². The highest BCUT2D eigenvalue weighted by atomic mass is 16.4. The Balaban J connectivity index is 1.78. The molecule has 1 saturated carbocycles. The lowest BCUT2D eigenvalue weighted by molar-refractivity contribution is -0.141. The Labute approximate surface area is 127 Å². The molecule has 0 radical (unpaired) electrons. The van der Waals surface area contributed by atoms with Crippen molar-refractivity contribution in [1.29, 1.82) is 0 Å². The van der Waals surface area contributed by atoms with E-state index in [1.54, 1.807) is 0 Å². The number of carboxylic acids is 1. The Morgan fingerprint density at radius 3 is 2.14 bits per heavy atom. The smallest absolute Gasteiger partial charge is 0.303 e. The lowest BCUT2D eigenvalue weighted by Crippen LogP contribution is -2.52. The van der Waals surface area contributed by atoms with Crippen molar-refractivity contribution in [2.45, 2.75) is 58.4 Å². The van der Waals surface area contributed by atoms with Crippen LogP contribution in [-0.2, 0) is 9.59 Å². The number of nitrogens with zero attached hydrogens (tertiary/aromatic N) is 2. The van der Waals surface area contributed by atoms with Gasteiger partial charge in [-0.3, -0.25) is 14.5 Å². The number of amides is 1. The first kappa shape index (κ1) is 16.3. The minimum Gasteiger partial charge on any atom is -0.481 e. The molecular formula is C16H28N2O3. The SMILES string of the molecule is CC(C)(CC(=O)O)CC(=O)N1CCN(C2CCCC2)CC1. The molecule has 21 heavy (non-hydrogen) atoms. The van der Waals surface area contributed by atoms with Crippen molar-refractivity contribution in [3.63, 3.8) is 0 Å². The van der Waals surface area contributed by atoms with Gasteiger partial charge in [0, 0.05) is 38.6 Å². The molecule has 0 unspecified atom stereocenters. The van der Waals surface area contributed by atoms with Crippen molar-refractivity contribution in [1.82, 2.24) is 9.80 Å². The number of carbonyl (C=O) groups excluding carboxylic acids is 1. The zero-order valence-electron chi connectivity index (χ0n) is 13.3. The highest BCUT2D eigenvalue weighted by Crippen LogP contribution is 2.27. The molecule has 1 saturated heterocycles. The molecule has 2 rings (SSSR count). The van der Waals surface area contributed by atoms with Gasteiger partial charge < -0.3 is 10.0 Å². The van der Waals surface area contributed by atoms with Gasteiger partial charge in [0.2, 0.25) is 5.91 Å². The maximum Gasteiger partial charge on any atom is 0.303 e. The summed E-state index contributed by atoms with van der Waals surface area (Å²) in [5, 5.41) is 8.90. The Kier molecular flexibility index (Phi) is 5.25. The molecule has 5 nitrogen and oxygen atoms in total. The predicted octanol–water partition coefficient (Wildman–Crippen LogP) is 1.96. The summed E-state index contributed by atoms with van der Waals surface area (Å²) >= 11 is 0. The van der Waals surface area contributed by atoms with Crippen LogP contribution in [0.3, 0.4) is 0 Å². The third-order valence-corrected chi connectivity index (χ3v) is 4.77. The molecule has 2 aliphatic rings. The third-order valence-electron chi connectivity index (χ3n) is 4.77. The number of hydrogen-bond donors (Lipinski definition) is 1. The topological polar surface area (TPSA) is 60.9 Å². The second-order valence-corrected chi connectivity index (χ2v) is 7.27. The molecule has 1 aliphatic carbocycles. The zero-order chi connectivity index (χ0) is 15.5. The van der Waals surface area contributed by atoms with Crippen molar-refractivity contribution < 1.29 is 14.7 Å². The van der Waals surface area contributed by atoms with Crippen LogP contribution in [0.25, 0.3) is 0 Å². The maximum absolute atomic E-state index is 12.3. The Bertz CT molecular complexity index is 381. The van der Waals surface area contributed by atoms with E-state index in [1.165, 1.54) is 25.7 Å². The predicted molar refractivity (Wildman–Crippen MR) is 81.1 cm³/mol. The molecule has 120 valence electrons. The van der Waals surface area contributed by atoms with Crippen molar-refractivity contribution in [2.75, 3.05) is 26.2 Å². The van der Waals surface area contributed by atoms with Crippen LogP contribution in [0.15, 0.2) is 0 Å². The molecule has 0 atom stereocenters. The van der Waals surface area contributed by atoms with Crippen LogP contribution in [0.4, 0.5) is 0 Å². The lowest BCUT2D eigenvalue weighted by Gasteiger charge is -2.39. The van der Waals surface area contributed by atoms with Gasteiger partial charge in [-0.25, -0.2) is 0 Å². The lowest BCUT2D eigenvalue weighted by atomic mass is 9.85. The fourth-order valence-corrected chi connectivity index (χ4v) is 3.60. The second-order valence-electron chi connectivity index (χ2n) is 7.27. The number of hydrogen-bond acceptors (Lipinski definition) is 3. The number of carbonyl (C=O) groups is 2. The molecular weight excluding hydrogens is 268 g/mol. The molecule has 1 aliphatic heterocycles. The summed E-state index contributed by atoms with van der Waals surface area (Å²) in [6.45, 7) is 7.23. The fourth-order valence-electron chi connectivity index (χ4n) is 3.60. The van der Waals surface area contributed by atoms with Crippen LogP contribution < -0.4 is 0 Å². The second kappa shape index (κ2) is 6.77. The molecule has 2 fully saturated rings. The van der Waals surface area contributed by atoms with Gasteiger partial charge in [0.15, 0.2) is 0 Å². The van der Waals surface area contributed by atoms with Crippen molar-refractivity contribution in [2.24, 2.45) is 5.41 Å². The van der Waals surface area contributed by atoms with Gasteiger partial charge in [-0.15, -0.1) is 0 Å². The molecule has 1 heterocycles. The molecule has 1 amide bonds. The first-order valence-electron chi connectivity index (χ1n) is 8.11. The Morgan fingerprint density at radius 1 is 1.05 bits per heavy atom. The minimum atomic E-state index is -0.834. The standard InChI is InChI=1S/C16H28N2O3/c1-16(2,12-15(20)21)11-14(19)18-9-7-17(8-10-18)13-5-3-4-6-13/h13H,3-12H2,1-2H3,(H,20,21).